The maximum atomic E-state index is 4.55. The normalized spacial score (nSPS) is 11.1. The van der Waals surface area contributed by atoms with E-state index in [9.17, 15) is 0 Å². The van der Waals surface area contributed by atoms with E-state index in [-0.39, 0.29) is 24.0 Å². The molecule has 0 aliphatic carbocycles. The van der Waals surface area contributed by atoms with Crippen molar-refractivity contribution in [1.29, 1.82) is 0 Å². The summed E-state index contributed by atoms with van der Waals surface area (Å²) < 4.78 is 3.72. The maximum absolute atomic E-state index is 4.55. The molecule has 2 aromatic rings. The van der Waals surface area contributed by atoms with Crippen LogP contribution in [0, 0.1) is 0 Å². The minimum absolute atomic E-state index is 0. The van der Waals surface area contributed by atoms with E-state index in [4.69, 9.17) is 0 Å². The van der Waals surface area contributed by atoms with Gasteiger partial charge in [-0.15, -0.1) is 24.0 Å². The minimum atomic E-state index is 0. The standard InChI is InChI=1S/C14H23N7.HI/c1-3-15-14(17-10-13-11-19-20(2)12-13)16-6-4-8-21-9-5-7-18-21;/h5,7,9,11-12H,3-4,6,8,10H2,1-2H3,(H2,15,16,17);1H. The van der Waals surface area contributed by atoms with Crippen LogP contribution in [0.25, 0.3) is 0 Å². The lowest BCUT2D eigenvalue weighted by Gasteiger charge is -2.11. The summed E-state index contributed by atoms with van der Waals surface area (Å²) in [6.07, 6.45) is 8.59. The molecule has 2 heterocycles. The Morgan fingerprint density at radius 2 is 2.18 bits per heavy atom. The Labute approximate surface area is 148 Å². The smallest absolute Gasteiger partial charge is 0.191 e. The monoisotopic (exact) mass is 417 g/mol. The SMILES string of the molecule is CCNC(=NCc1cnn(C)c1)NCCCn1cccn1.I. The molecule has 122 valence electrons. The number of rotatable bonds is 7. The molecule has 0 bridgehead atoms. The molecule has 2 N–H and O–H groups in total. The van der Waals surface area contributed by atoms with Crippen molar-refractivity contribution in [2.75, 3.05) is 13.1 Å². The molecule has 0 radical (unpaired) electrons. The van der Waals surface area contributed by atoms with Gasteiger partial charge < -0.3 is 10.6 Å². The van der Waals surface area contributed by atoms with Crippen LogP contribution in [-0.4, -0.2) is 38.6 Å². The van der Waals surface area contributed by atoms with E-state index in [2.05, 4.69) is 32.7 Å². The third kappa shape index (κ3) is 6.46. The van der Waals surface area contributed by atoms with E-state index < -0.39 is 0 Å². The third-order valence-corrected chi connectivity index (χ3v) is 2.94. The van der Waals surface area contributed by atoms with Gasteiger partial charge in [0, 0.05) is 50.8 Å². The van der Waals surface area contributed by atoms with Crippen molar-refractivity contribution in [3.63, 3.8) is 0 Å². The van der Waals surface area contributed by atoms with Crippen LogP contribution < -0.4 is 10.6 Å². The van der Waals surface area contributed by atoms with E-state index in [1.807, 2.05) is 36.4 Å². The Balaban J connectivity index is 0.00000242. The topological polar surface area (TPSA) is 72.1 Å². The van der Waals surface area contributed by atoms with E-state index in [1.54, 1.807) is 10.9 Å². The lowest BCUT2D eigenvalue weighted by Crippen LogP contribution is -2.38. The molecule has 0 unspecified atom stereocenters. The zero-order valence-electron chi connectivity index (χ0n) is 13.1. The van der Waals surface area contributed by atoms with Gasteiger partial charge in [-0.2, -0.15) is 10.2 Å². The van der Waals surface area contributed by atoms with Crippen LogP contribution in [0.15, 0.2) is 35.8 Å². The van der Waals surface area contributed by atoms with E-state index >= 15 is 0 Å². The molecule has 0 saturated heterocycles. The largest absolute Gasteiger partial charge is 0.357 e. The second-order valence-electron chi connectivity index (χ2n) is 4.77. The summed E-state index contributed by atoms with van der Waals surface area (Å²) >= 11 is 0. The molecule has 0 amide bonds. The van der Waals surface area contributed by atoms with Gasteiger partial charge in [-0.3, -0.25) is 9.36 Å². The highest BCUT2D eigenvalue weighted by molar-refractivity contribution is 14.0. The van der Waals surface area contributed by atoms with Crippen LogP contribution >= 0.6 is 24.0 Å². The molecule has 0 aromatic carbocycles. The van der Waals surface area contributed by atoms with Gasteiger partial charge in [0.25, 0.3) is 0 Å². The number of hydrogen-bond donors (Lipinski definition) is 2. The van der Waals surface area contributed by atoms with Crippen molar-refractivity contribution in [1.82, 2.24) is 30.2 Å². The fraction of sp³-hybridized carbons (Fsp3) is 0.500. The number of nitrogens with one attached hydrogen (secondary N) is 2. The van der Waals surface area contributed by atoms with Gasteiger partial charge in [0.05, 0.1) is 12.7 Å². The zero-order valence-corrected chi connectivity index (χ0v) is 15.4. The van der Waals surface area contributed by atoms with Crippen LogP contribution in [0.4, 0.5) is 0 Å². The molecule has 7 nitrogen and oxygen atoms in total. The highest BCUT2D eigenvalue weighted by atomic mass is 127. The lowest BCUT2D eigenvalue weighted by molar-refractivity contribution is 0.570. The first-order valence-corrected chi connectivity index (χ1v) is 7.25. The molecule has 0 aliphatic heterocycles. The summed E-state index contributed by atoms with van der Waals surface area (Å²) in [5, 5.41) is 14.9. The van der Waals surface area contributed by atoms with E-state index in [0.717, 1.165) is 37.6 Å². The van der Waals surface area contributed by atoms with Crippen molar-refractivity contribution >= 4 is 29.9 Å². The van der Waals surface area contributed by atoms with Gasteiger partial charge in [-0.1, -0.05) is 0 Å². The van der Waals surface area contributed by atoms with Crippen molar-refractivity contribution in [2.24, 2.45) is 12.0 Å². The van der Waals surface area contributed by atoms with E-state index in [0.29, 0.717) is 6.54 Å². The van der Waals surface area contributed by atoms with Crippen LogP contribution in [0.1, 0.15) is 18.9 Å². The first-order chi connectivity index (χ1) is 10.3. The number of hydrogen-bond acceptors (Lipinski definition) is 3. The number of aromatic nitrogens is 4. The maximum Gasteiger partial charge on any atom is 0.191 e. The lowest BCUT2D eigenvalue weighted by atomic mass is 10.4. The Bertz CT molecular complexity index is 547. The van der Waals surface area contributed by atoms with Crippen LogP contribution in [0.5, 0.6) is 0 Å². The quantitative estimate of drug-likeness (QED) is 0.309. The first kappa shape index (κ1) is 18.5. The number of aliphatic imine (C=N–C) groups is 1. The molecule has 2 aromatic heterocycles. The van der Waals surface area contributed by atoms with Crippen LogP contribution in [0.3, 0.4) is 0 Å². The van der Waals surface area contributed by atoms with Gasteiger partial charge in [0.2, 0.25) is 0 Å². The predicted molar refractivity (Wildman–Crippen MR) is 98.3 cm³/mol. The summed E-state index contributed by atoms with van der Waals surface area (Å²) in [5.74, 6) is 0.835. The number of nitrogens with zero attached hydrogens (tertiary/aromatic N) is 5. The van der Waals surface area contributed by atoms with Crippen LogP contribution in [0.2, 0.25) is 0 Å². The average Bonchev–Trinajstić information content (AvgIpc) is 3.12. The van der Waals surface area contributed by atoms with Crippen molar-refractivity contribution < 1.29 is 0 Å². The van der Waals surface area contributed by atoms with Gasteiger partial charge in [0.1, 0.15) is 0 Å². The van der Waals surface area contributed by atoms with Crippen molar-refractivity contribution in [3.8, 4) is 0 Å². The molecular formula is C14H24IN7. The number of guanidine groups is 1. The highest BCUT2D eigenvalue weighted by Gasteiger charge is 1.99. The summed E-state index contributed by atoms with van der Waals surface area (Å²) in [4.78, 5) is 4.55. The molecule has 0 aliphatic rings. The Kier molecular flexibility index (Phi) is 8.56. The minimum Gasteiger partial charge on any atom is -0.357 e. The second-order valence-corrected chi connectivity index (χ2v) is 4.77. The van der Waals surface area contributed by atoms with Crippen molar-refractivity contribution in [3.05, 3.63) is 36.4 Å². The Hall–Kier alpha value is -1.58. The van der Waals surface area contributed by atoms with E-state index in [1.165, 1.54) is 0 Å². The molecule has 2 rings (SSSR count). The van der Waals surface area contributed by atoms with Gasteiger partial charge in [0.15, 0.2) is 5.96 Å². The summed E-state index contributed by atoms with van der Waals surface area (Å²) in [7, 11) is 1.91. The van der Waals surface area contributed by atoms with Gasteiger partial charge >= 0.3 is 0 Å². The molecule has 8 heteroatoms. The van der Waals surface area contributed by atoms with Gasteiger partial charge in [-0.25, -0.2) is 4.99 Å². The molecule has 0 spiro atoms. The summed E-state index contributed by atoms with van der Waals surface area (Å²) in [6.45, 7) is 5.30. The third-order valence-electron chi connectivity index (χ3n) is 2.94. The zero-order chi connectivity index (χ0) is 14.9. The van der Waals surface area contributed by atoms with Crippen molar-refractivity contribution in [2.45, 2.75) is 26.4 Å². The molecule has 0 atom stereocenters. The Morgan fingerprint density at radius 3 is 2.82 bits per heavy atom. The van der Waals surface area contributed by atoms with Crippen LogP contribution in [-0.2, 0) is 20.1 Å². The molecule has 0 saturated carbocycles. The number of halogens is 1. The fourth-order valence-corrected chi connectivity index (χ4v) is 1.95. The fourth-order valence-electron chi connectivity index (χ4n) is 1.95. The summed E-state index contributed by atoms with van der Waals surface area (Å²) in [6, 6.07) is 1.94. The highest BCUT2D eigenvalue weighted by Crippen LogP contribution is 1.98. The second kappa shape index (κ2) is 10.2. The number of aryl methyl sites for hydroxylation is 2. The first-order valence-electron chi connectivity index (χ1n) is 7.25. The van der Waals surface area contributed by atoms with Gasteiger partial charge in [-0.05, 0) is 19.4 Å². The molecule has 0 fully saturated rings. The average molecular weight is 417 g/mol. The summed E-state index contributed by atoms with van der Waals surface area (Å²) in [5.41, 5.74) is 1.10. The molecule has 22 heavy (non-hydrogen) atoms. The predicted octanol–water partition coefficient (Wildman–Crippen LogP) is 1.38. The molecular weight excluding hydrogens is 393 g/mol. The Morgan fingerprint density at radius 1 is 1.32 bits per heavy atom.